The lowest BCUT2D eigenvalue weighted by Gasteiger charge is -2.13. The van der Waals surface area contributed by atoms with Crippen LogP contribution in [0.1, 0.15) is 18.2 Å². The smallest absolute Gasteiger partial charge is 0.392 e. The van der Waals surface area contributed by atoms with E-state index in [-0.39, 0.29) is 11.9 Å². The molecule has 1 unspecified atom stereocenters. The third-order valence-corrected chi connectivity index (χ3v) is 3.12. The molecule has 0 saturated carbocycles. The minimum absolute atomic E-state index is 0.00384. The number of nitrogens with zero attached hydrogens (tertiary/aromatic N) is 2. The highest BCUT2D eigenvalue weighted by Crippen LogP contribution is 2.42. The van der Waals surface area contributed by atoms with E-state index in [1.165, 1.54) is 18.2 Å². The molecule has 1 aromatic carbocycles. The first-order chi connectivity index (χ1) is 9.25. The average molecular weight is 282 g/mol. The molecular weight excluding hydrogens is 269 g/mol. The molecule has 0 bridgehead atoms. The second kappa shape index (κ2) is 4.84. The molecule has 1 aromatic heterocycles. The zero-order valence-electron chi connectivity index (χ0n) is 11.0. The van der Waals surface area contributed by atoms with Gasteiger partial charge in [-0.3, -0.25) is 0 Å². The SMILES string of the molecule is [C-]#[N+]c1ccc2c(cc(C)n2CC(C)O)c1C(F)(F)F. The largest absolute Gasteiger partial charge is 0.408 e. The van der Waals surface area contributed by atoms with Crippen molar-refractivity contribution in [2.75, 3.05) is 0 Å². The van der Waals surface area contributed by atoms with Crippen molar-refractivity contribution in [1.82, 2.24) is 4.57 Å². The summed E-state index contributed by atoms with van der Waals surface area (Å²) in [6, 6.07) is 4.08. The van der Waals surface area contributed by atoms with Crippen molar-refractivity contribution in [3.05, 3.63) is 40.9 Å². The van der Waals surface area contributed by atoms with E-state index in [4.69, 9.17) is 6.57 Å². The molecule has 3 nitrogen and oxygen atoms in total. The summed E-state index contributed by atoms with van der Waals surface area (Å²) >= 11 is 0. The maximum absolute atomic E-state index is 13.2. The molecule has 0 spiro atoms. The minimum atomic E-state index is -4.58. The standard InChI is InChI=1S/C14H13F3N2O/c1-8-6-10-12(19(8)7-9(2)20)5-4-11(18-3)13(10)14(15,16)17/h4-6,9,20H,7H2,1-2H3. The Balaban J connectivity index is 2.81. The van der Waals surface area contributed by atoms with Gasteiger partial charge in [0.05, 0.1) is 18.2 Å². The molecule has 6 heteroatoms. The number of hydrogen-bond acceptors (Lipinski definition) is 1. The molecule has 1 atom stereocenters. The second-order valence-corrected chi connectivity index (χ2v) is 4.75. The van der Waals surface area contributed by atoms with Gasteiger partial charge in [0, 0.05) is 23.1 Å². The maximum atomic E-state index is 13.2. The molecule has 0 aliphatic carbocycles. The Kier molecular flexibility index (Phi) is 3.48. The number of aliphatic hydroxyl groups excluding tert-OH is 1. The molecular formula is C14H13F3N2O. The van der Waals surface area contributed by atoms with Crippen LogP contribution in [0, 0.1) is 13.5 Å². The summed E-state index contributed by atoms with van der Waals surface area (Å²) in [6.07, 6.45) is -5.25. The van der Waals surface area contributed by atoms with Crippen LogP contribution < -0.4 is 0 Å². The monoisotopic (exact) mass is 282 g/mol. The van der Waals surface area contributed by atoms with E-state index < -0.39 is 23.5 Å². The molecule has 1 heterocycles. The van der Waals surface area contributed by atoms with Gasteiger partial charge < -0.3 is 9.67 Å². The van der Waals surface area contributed by atoms with Crippen LogP contribution in [0.2, 0.25) is 0 Å². The van der Waals surface area contributed by atoms with E-state index in [1.54, 1.807) is 18.4 Å². The number of benzene rings is 1. The third-order valence-electron chi connectivity index (χ3n) is 3.12. The number of hydrogen-bond donors (Lipinski definition) is 1. The second-order valence-electron chi connectivity index (χ2n) is 4.75. The number of halogens is 3. The minimum Gasteiger partial charge on any atom is -0.392 e. The van der Waals surface area contributed by atoms with E-state index in [0.717, 1.165) is 0 Å². The number of aryl methyl sites for hydroxylation is 1. The van der Waals surface area contributed by atoms with Crippen LogP contribution in [0.4, 0.5) is 18.9 Å². The van der Waals surface area contributed by atoms with Crippen molar-refractivity contribution in [1.29, 1.82) is 0 Å². The first-order valence-electron chi connectivity index (χ1n) is 6.01. The van der Waals surface area contributed by atoms with Crippen molar-refractivity contribution in [2.24, 2.45) is 0 Å². The number of aromatic nitrogens is 1. The molecule has 20 heavy (non-hydrogen) atoms. The van der Waals surface area contributed by atoms with Crippen LogP contribution in [0.3, 0.4) is 0 Å². The van der Waals surface area contributed by atoms with Crippen LogP contribution in [0.15, 0.2) is 18.2 Å². The lowest BCUT2D eigenvalue weighted by molar-refractivity contribution is -0.135. The molecule has 2 aromatic rings. The topological polar surface area (TPSA) is 29.5 Å². The van der Waals surface area contributed by atoms with E-state index >= 15 is 0 Å². The van der Waals surface area contributed by atoms with Gasteiger partial charge in [-0.2, -0.15) is 13.2 Å². The fourth-order valence-electron chi connectivity index (χ4n) is 2.35. The number of rotatable bonds is 2. The highest BCUT2D eigenvalue weighted by molar-refractivity contribution is 5.90. The Morgan fingerprint density at radius 3 is 2.55 bits per heavy atom. The molecule has 1 N–H and O–H groups in total. The van der Waals surface area contributed by atoms with Gasteiger partial charge in [0.1, 0.15) is 0 Å². The highest BCUT2D eigenvalue weighted by Gasteiger charge is 2.36. The van der Waals surface area contributed by atoms with Crippen LogP contribution >= 0.6 is 0 Å². The Labute approximate surface area is 114 Å². The molecule has 0 fully saturated rings. The van der Waals surface area contributed by atoms with Gasteiger partial charge in [-0.05, 0) is 26.0 Å². The zero-order chi connectivity index (χ0) is 15.1. The van der Waals surface area contributed by atoms with Crippen molar-refractivity contribution < 1.29 is 18.3 Å². The normalized spacial score (nSPS) is 13.4. The van der Waals surface area contributed by atoms with Crippen LogP contribution in [-0.4, -0.2) is 15.8 Å². The lowest BCUT2D eigenvalue weighted by atomic mass is 10.1. The molecule has 0 amide bonds. The zero-order valence-corrected chi connectivity index (χ0v) is 11.0. The summed E-state index contributed by atoms with van der Waals surface area (Å²) in [7, 11) is 0. The van der Waals surface area contributed by atoms with Gasteiger partial charge in [0.25, 0.3) is 0 Å². The highest BCUT2D eigenvalue weighted by atomic mass is 19.4. The molecule has 0 radical (unpaired) electrons. The summed E-state index contributed by atoms with van der Waals surface area (Å²) in [5, 5.41) is 9.45. The summed E-state index contributed by atoms with van der Waals surface area (Å²) in [5.41, 5.74) is -0.312. The van der Waals surface area contributed by atoms with Crippen molar-refractivity contribution in [2.45, 2.75) is 32.7 Å². The van der Waals surface area contributed by atoms with Gasteiger partial charge in [0.2, 0.25) is 0 Å². The predicted octanol–water partition coefficient (Wildman–Crippen LogP) is 3.90. The first-order valence-corrected chi connectivity index (χ1v) is 6.01. The predicted molar refractivity (Wildman–Crippen MR) is 69.6 cm³/mol. The van der Waals surface area contributed by atoms with E-state index in [1.807, 2.05) is 0 Å². The van der Waals surface area contributed by atoms with Gasteiger partial charge >= 0.3 is 6.18 Å². The summed E-state index contributed by atoms with van der Waals surface area (Å²) in [5.74, 6) is 0. The van der Waals surface area contributed by atoms with Gasteiger partial charge in [-0.25, -0.2) is 4.85 Å². The summed E-state index contributed by atoms with van der Waals surface area (Å²) in [4.78, 5) is 2.96. The van der Waals surface area contributed by atoms with Gasteiger partial charge in [-0.15, -0.1) is 0 Å². The molecule has 2 rings (SSSR count). The Hall–Kier alpha value is -2.00. The number of alkyl halides is 3. The van der Waals surface area contributed by atoms with E-state index in [2.05, 4.69) is 4.85 Å². The first kappa shape index (κ1) is 14.4. The van der Waals surface area contributed by atoms with E-state index in [0.29, 0.717) is 11.2 Å². The van der Waals surface area contributed by atoms with Gasteiger partial charge in [-0.1, -0.05) is 6.07 Å². The Morgan fingerprint density at radius 1 is 1.40 bits per heavy atom. The summed E-state index contributed by atoms with van der Waals surface area (Å²) in [6.45, 7) is 10.4. The fourth-order valence-corrected chi connectivity index (χ4v) is 2.35. The number of aliphatic hydroxyl groups is 1. The van der Waals surface area contributed by atoms with Crippen LogP contribution in [-0.2, 0) is 12.7 Å². The quantitative estimate of drug-likeness (QED) is 0.832. The number of fused-ring (bicyclic) bond motifs is 1. The van der Waals surface area contributed by atoms with Crippen molar-refractivity contribution >= 4 is 16.6 Å². The van der Waals surface area contributed by atoms with Crippen LogP contribution in [0.25, 0.3) is 15.7 Å². The third kappa shape index (κ3) is 2.37. The molecule has 0 aliphatic rings. The van der Waals surface area contributed by atoms with Crippen LogP contribution in [0.5, 0.6) is 0 Å². The molecule has 0 saturated heterocycles. The Bertz CT molecular complexity index is 693. The lowest BCUT2D eigenvalue weighted by Crippen LogP contribution is -2.12. The molecule has 0 aliphatic heterocycles. The maximum Gasteiger partial charge on any atom is 0.408 e. The van der Waals surface area contributed by atoms with Crippen molar-refractivity contribution in [3.8, 4) is 0 Å². The van der Waals surface area contributed by atoms with Gasteiger partial charge in [0.15, 0.2) is 5.69 Å². The van der Waals surface area contributed by atoms with Crippen molar-refractivity contribution in [3.63, 3.8) is 0 Å². The fraction of sp³-hybridized carbons (Fsp3) is 0.357. The Morgan fingerprint density at radius 2 is 2.05 bits per heavy atom. The molecule has 106 valence electrons. The summed E-state index contributed by atoms with van der Waals surface area (Å²) < 4.78 is 41.1. The average Bonchev–Trinajstić information content (AvgIpc) is 2.62. The van der Waals surface area contributed by atoms with E-state index in [9.17, 15) is 18.3 Å².